The molecule has 0 radical (unpaired) electrons. The molecule has 1 amide bonds. The highest BCUT2D eigenvalue weighted by atomic mass is 32.1. The average Bonchev–Trinajstić information content (AvgIpc) is 3.41. The molecule has 2 heterocycles. The summed E-state index contributed by atoms with van der Waals surface area (Å²) >= 11 is 1.26. The second-order valence-electron chi connectivity index (χ2n) is 5.72. The molecule has 0 atom stereocenters. The van der Waals surface area contributed by atoms with Gasteiger partial charge in [0.2, 0.25) is 5.76 Å². The molecular formula is C17H19NO7S. The highest BCUT2D eigenvalue weighted by Crippen LogP contribution is 2.46. The Bertz CT molecular complexity index is 735. The van der Waals surface area contributed by atoms with Gasteiger partial charge in [-0.25, -0.2) is 9.59 Å². The molecular weight excluding hydrogens is 362 g/mol. The number of rotatable bonds is 7. The van der Waals surface area contributed by atoms with Crippen LogP contribution in [0.5, 0.6) is 0 Å². The van der Waals surface area contributed by atoms with E-state index in [0.29, 0.717) is 23.1 Å². The Morgan fingerprint density at radius 2 is 2.04 bits per heavy atom. The van der Waals surface area contributed by atoms with E-state index < -0.39 is 24.5 Å². The van der Waals surface area contributed by atoms with Crippen LogP contribution in [0, 0.1) is 0 Å². The zero-order valence-electron chi connectivity index (χ0n) is 14.2. The fourth-order valence-corrected chi connectivity index (χ4v) is 3.46. The number of nitrogens with one attached hydrogen (secondary N) is 1. The topological polar surface area (TPSA) is 100 Å². The van der Waals surface area contributed by atoms with Gasteiger partial charge in [0.15, 0.2) is 6.61 Å². The lowest BCUT2D eigenvalue weighted by Crippen LogP contribution is -2.24. The number of carbonyl (C=O) groups is 3. The first-order valence-corrected chi connectivity index (χ1v) is 9.18. The van der Waals surface area contributed by atoms with E-state index in [0.717, 1.165) is 24.7 Å². The predicted molar refractivity (Wildman–Crippen MR) is 91.8 cm³/mol. The van der Waals surface area contributed by atoms with Crippen LogP contribution in [0.4, 0.5) is 5.00 Å². The number of ether oxygens (including phenoxy) is 4. The molecule has 0 unspecified atom stereocenters. The van der Waals surface area contributed by atoms with Crippen LogP contribution in [0.25, 0.3) is 0 Å². The van der Waals surface area contributed by atoms with Crippen LogP contribution >= 0.6 is 11.3 Å². The van der Waals surface area contributed by atoms with Crippen molar-refractivity contribution in [3.8, 4) is 0 Å². The molecule has 140 valence electrons. The van der Waals surface area contributed by atoms with Crippen LogP contribution in [-0.2, 0) is 28.5 Å². The zero-order valence-corrected chi connectivity index (χ0v) is 15.1. The summed E-state index contributed by atoms with van der Waals surface area (Å²) in [5.41, 5.74) is 1.30. The summed E-state index contributed by atoms with van der Waals surface area (Å²) < 4.78 is 20.0. The number of esters is 2. The standard InChI is InChI=1S/C17H19NO7S/c1-2-23-17(21)14-11(10-3-4-10)9-26-15(14)18-13(19)8-25-16(20)12-7-22-5-6-24-12/h7,9-10H,2-6,8H2,1H3,(H,18,19). The highest BCUT2D eigenvalue weighted by molar-refractivity contribution is 7.15. The first-order chi connectivity index (χ1) is 12.6. The molecule has 0 spiro atoms. The molecule has 1 saturated carbocycles. The number of hydrogen-bond donors (Lipinski definition) is 1. The van der Waals surface area contributed by atoms with Gasteiger partial charge in [0, 0.05) is 0 Å². The Morgan fingerprint density at radius 1 is 1.23 bits per heavy atom. The lowest BCUT2D eigenvalue weighted by molar-refractivity contribution is -0.148. The molecule has 1 aromatic heterocycles. The van der Waals surface area contributed by atoms with Crippen molar-refractivity contribution >= 4 is 34.2 Å². The van der Waals surface area contributed by atoms with E-state index in [4.69, 9.17) is 18.9 Å². The molecule has 8 nitrogen and oxygen atoms in total. The van der Waals surface area contributed by atoms with Crippen molar-refractivity contribution in [1.29, 1.82) is 0 Å². The lowest BCUT2D eigenvalue weighted by atomic mass is 10.1. The van der Waals surface area contributed by atoms with Gasteiger partial charge in [-0.1, -0.05) is 0 Å². The maximum atomic E-state index is 12.2. The van der Waals surface area contributed by atoms with Crippen molar-refractivity contribution in [2.75, 3.05) is 31.7 Å². The molecule has 1 aromatic rings. The van der Waals surface area contributed by atoms with Crippen molar-refractivity contribution in [3.05, 3.63) is 28.5 Å². The summed E-state index contributed by atoms with van der Waals surface area (Å²) in [5, 5.41) is 4.89. The fourth-order valence-electron chi connectivity index (χ4n) is 2.41. The first-order valence-electron chi connectivity index (χ1n) is 8.30. The van der Waals surface area contributed by atoms with Gasteiger partial charge in [-0.3, -0.25) is 4.79 Å². The molecule has 1 aliphatic carbocycles. The quantitative estimate of drug-likeness (QED) is 0.723. The molecule has 26 heavy (non-hydrogen) atoms. The zero-order chi connectivity index (χ0) is 18.5. The molecule has 0 bridgehead atoms. The van der Waals surface area contributed by atoms with E-state index in [1.54, 1.807) is 6.92 Å². The van der Waals surface area contributed by atoms with Crippen LogP contribution in [0.1, 0.15) is 41.6 Å². The van der Waals surface area contributed by atoms with Gasteiger partial charge >= 0.3 is 11.9 Å². The average molecular weight is 381 g/mol. The van der Waals surface area contributed by atoms with Crippen molar-refractivity contribution in [2.24, 2.45) is 0 Å². The van der Waals surface area contributed by atoms with Gasteiger partial charge in [-0.05, 0) is 36.6 Å². The second kappa shape index (κ2) is 8.22. The van der Waals surface area contributed by atoms with Gasteiger partial charge in [0.05, 0.1) is 12.2 Å². The summed E-state index contributed by atoms with van der Waals surface area (Å²) in [7, 11) is 0. The van der Waals surface area contributed by atoms with Crippen molar-refractivity contribution in [1.82, 2.24) is 0 Å². The molecule has 3 rings (SSSR count). The Balaban J connectivity index is 1.61. The van der Waals surface area contributed by atoms with Crippen LogP contribution in [0.2, 0.25) is 0 Å². The van der Waals surface area contributed by atoms with Gasteiger partial charge in [-0.15, -0.1) is 11.3 Å². The Labute approximate surface area is 154 Å². The molecule has 2 aliphatic rings. The largest absolute Gasteiger partial charge is 0.493 e. The minimum atomic E-state index is -0.782. The van der Waals surface area contributed by atoms with Crippen LogP contribution in [0.3, 0.4) is 0 Å². The molecule has 0 aromatic carbocycles. The predicted octanol–water partition coefficient (Wildman–Crippen LogP) is 2.17. The molecule has 1 N–H and O–H groups in total. The summed E-state index contributed by atoms with van der Waals surface area (Å²) in [5.74, 6) is -1.53. The molecule has 9 heteroatoms. The molecule has 1 fully saturated rings. The van der Waals surface area contributed by atoms with E-state index >= 15 is 0 Å². The van der Waals surface area contributed by atoms with Crippen molar-refractivity contribution < 1.29 is 33.3 Å². The smallest absolute Gasteiger partial charge is 0.377 e. The summed E-state index contributed by atoms with van der Waals surface area (Å²) in [6, 6.07) is 0. The monoisotopic (exact) mass is 381 g/mol. The normalized spacial score (nSPS) is 16.0. The van der Waals surface area contributed by atoms with Gasteiger partial charge in [-0.2, -0.15) is 0 Å². The van der Waals surface area contributed by atoms with Crippen LogP contribution in [-0.4, -0.2) is 44.3 Å². The van der Waals surface area contributed by atoms with Crippen LogP contribution in [0.15, 0.2) is 17.4 Å². The number of anilines is 1. The molecule has 1 aliphatic heterocycles. The van der Waals surface area contributed by atoms with Crippen molar-refractivity contribution in [3.63, 3.8) is 0 Å². The number of carbonyl (C=O) groups excluding carboxylic acids is 3. The lowest BCUT2D eigenvalue weighted by Gasteiger charge is -2.14. The first kappa shape index (κ1) is 18.2. The van der Waals surface area contributed by atoms with E-state index in [1.165, 1.54) is 11.3 Å². The van der Waals surface area contributed by atoms with E-state index in [2.05, 4.69) is 5.32 Å². The summed E-state index contributed by atoms with van der Waals surface area (Å²) in [6.07, 6.45) is 3.19. The third-order valence-electron chi connectivity index (χ3n) is 3.75. The maximum absolute atomic E-state index is 12.2. The van der Waals surface area contributed by atoms with Gasteiger partial charge in [0.1, 0.15) is 24.5 Å². The fraction of sp³-hybridized carbons (Fsp3) is 0.471. The Hall–Kier alpha value is -2.55. The molecule has 0 saturated heterocycles. The summed E-state index contributed by atoms with van der Waals surface area (Å²) in [4.78, 5) is 36.1. The maximum Gasteiger partial charge on any atom is 0.377 e. The number of hydrogen-bond acceptors (Lipinski definition) is 8. The van der Waals surface area contributed by atoms with E-state index in [1.807, 2.05) is 5.38 Å². The Morgan fingerprint density at radius 3 is 2.69 bits per heavy atom. The third kappa shape index (κ3) is 4.34. The second-order valence-corrected chi connectivity index (χ2v) is 6.60. The minimum Gasteiger partial charge on any atom is -0.493 e. The minimum absolute atomic E-state index is 0.0802. The summed E-state index contributed by atoms with van der Waals surface area (Å²) in [6.45, 7) is 2.08. The highest BCUT2D eigenvalue weighted by Gasteiger charge is 2.32. The van der Waals surface area contributed by atoms with Gasteiger partial charge < -0.3 is 24.3 Å². The number of thiophene rings is 1. The Kier molecular flexibility index (Phi) is 5.77. The van der Waals surface area contributed by atoms with Crippen LogP contribution < -0.4 is 5.32 Å². The number of amides is 1. The third-order valence-corrected chi connectivity index (χ3v) is 4.67. The van der Waals surface area contributed by atoms with Gasteiger partial charge in [0.25, 0.3) is 5.91 Å². The van der Waals surface area contributed by atoms with Crippen molar-refractivity contribution in [2.45, 2.75) is 25.7 Å². The van der Waals surface area contributed by atoms with E-state index in [9.17, 15) is 14.4 Å². The SMILES string of the molecule is CCOC(=O)c1c(C2CC2)csc1NC(=O)COC(=O)C1=COCCO1. The van der Waals surface area contributed by atoms with E-state index in [-0.39, 0.29) is 19.0 Å².